The Morgan fingerprint density at radius 1 is 1.33 bits per heavy atom. The van der Waals surface area contributed by atoms with Crippen LogP contribution in [0, 0.1) is 0 Å². The minimum Gasteiger partial charge on any atom is -0.484 e. The van der Waals surface area contributed by atoms with Gasteiger partial charge in [0.2, 0.25) is 0 Å². The van der Waals surface area contributed by atoms with Crippen LogP contribution >= 0.6 is 0 Å². The summed E-state index contributed by atoms with van der Waals surface area (Å²) in [5, 5.41) is 18.1. The van der Waals surface area contributed by atoms with Crippen molar-refractivity contribution in [3.8, 4) is 5.75 Å². The Bertz CT molecular complexity index is 450. The van der Waals surface area contributed by atoms with Crippen molar-refractivity contribution in [3.63, 3.8) is 0 Å². The zero-order chi connectivity index (χ0) is 18.2. The summed E-state index contributed by atoms with van der Waals surface area (Å²) < 4.78 is 10.4. The third-order valence-electron chi connectivity index (χ3n) is 2.66. The van der Waals surface area contributed by atoms with Gasteiger partial charge in [0, 0.05) is 12.6 Å². The molecule has 24 heavy (non-hydrogen) atoms. The second kappa shape index (κ2) is 14.4. The topological polar surface area (TPSA) is 131 Å². The fourth-order valence-corrected chi connectivity index (χ4v) is 1.72. The first kappa shape index (κ1) is 21.8. The highest BCUT2D eigenvalue weighted by Gasteiger charge is 2.03. The SMILES string of the molecule is CC(N)Cc1ccc(OCC(=O)NCCOCCO)cc1.O=CO. The van der Waals surface area contributed by atoms with Crippen LogP contribution < -0.4 is 15.8 Å². The molecule has 1 unspecified atom stereocenters. The molecule has 0 aliphatic carbocycles. The molecule has 0 aromatic heterocycles. The Kier molecular flexibility index (Phi) is 13.1. The zero-order valence-corrected chi connectivity index (χ0v) is 13.8. The summed E-state index contributed by atoms with van der Waals surface area (Å²) in [6.07, 6.45) is 0.814. The molecule has 0 bridgehead atoms. The monoisotopic (exact) mass is 342 g/mol. The maximum Gasteiger partial charge on any atom is 0.290 e. The van der Waals surface area contributed by atoms with Crippen LogP contribution in [0.15, 0.2) is 24.3 Å². The van der Waals surface area contributed by atoms with Crippen LogP contribution in [0.2, 0.25) is 0 Å². The highest BCUT2D eigenvalue weighted by molar-refractivity contribution is 5.77. The molecule has 1 atom stereocenters. The van der Waals surface area contributed by atoms with Crippen molar-refractivity contribution in [2.75, 3.05) is 33.0 Å². The predicted molar refractivity (Wildman–Crippen MR) is 88.9 cm³/mol. The summed E-state index contributed by atoms with van der Waals surface area (Å²) in [7, 11) is 0. The van der Waals surface area contributed by atoms with Gasteiger partial charge in [-0.05, 0) is 31.0 Å². The van der Waals surface area contributed by atoms with Gasteiger partial charge in [-0.15, -0.1) is 0 Å². The molecule has 8 heteroatoms. The molecule has 0 saturated heterocycles. The van der Waals surface area contributed by atoms with Crippen LogP contribution in [0.1, 0.15) is 12.5 Å². The molecule has 1 aromatic rings. The number of hydrogen-bond acceptors (Lipinski definition) is 6. The molecule has 1 rings (SSSR count). The number of nitrogens with one attached hydrogen (secondary N) is 1. The van der Waals surface area contributed by atoms with E-state index in [0.29, 0.717) is 18.9 Å². The number of carboxylic acid groups (broad SMARTS) is 1. The van der Waals surface area contributed by atoms with E-state index in [1.807, 2.05) is 31.2 Å². The standard InChI is InChI=1S/C15H24N2O4.CH2O2/c1-12(16)10-13-2-4-14(5-3-13)21-11-15(19)17-6-8-20-9-7-18;2-1-3/h2-5,12,18H,6-11,16H2,1H3,(H,17,19);1H,(H,2,3). The summed E-state index contributed by atoms with van der Waals surface area (Å²) in [5.41, 5.74) is 6.87. The lowest BCUT2D eigenvalue weighted by Gasteiger charge is -2.09. The Hall–Kier alpha value is -2.16. The summed E-state index contributed by atoms with van der Waals surface area (Å²) in [5.74, 6) is 0.442. The van der Waals surface area contributed by atoms with Gasteiger partial charge in [0.25, 0.3) is 12.4 Å². The van der Waals surface area contributed by atoms with Crippen molar-refractivity contribution >= 4 is 12.4 Å². The van der Waals surface area contributed by atoms with Crippen molar-refractivity contribution in [3.05, 3.63) is 29.8 Å². The van der Waals surface area contributed by atoms with Gasteiger partial charge in [-0.2, -0.15) is 0 Å². The van der Waals surface area contributed by atoms with E-state index in [9.17, 15) is 4.79 Å². The maximum absolute atomic E-state index is 11.5. The third kappa shape index (κ3) is 12.4. The fourth-order valence-electron chi connectivity index (χ4n) is 1.72. The van der Waals surface area contributed by atoms with Crippen molar-refractivity contribution in [1.29, 1.82) is 0 Å². The minimum atomic E-state index is -0.250. The van der Waals surface area contributed by atoms with Crippen molar-refractivity contribution in [1.82, 2.24) is 5.32 Å². The van der Waals surface area contributed by atoms with Gasteiger partial charge in [-0.1, -0.05) is 12.1 Å². The fraction of sp³-hybridized carbons (Fsp3) is 0.500. The molecular weight excluding hydrogens is 316 g/mol. The largest absolute Gasteiger partial charge is 0.484 e. The molecule has 0 aliphatic heterocycles. The Balaban J connectivity index is 0.00000163. The number of rotatable bonds is 10. The van der Waals surface area contributed by atoms with E-state index in [4.69, 9.17) is 30.2 Å². The number of carbonyl (C=O) groups is 2. The van der Waals surface area contributed by atoms with E-state index >= 15 is 0 Å². The normalized spacial score (nSPS) is 11.0. The molecule has 136 valence electrons. The zero-order valence-electron chi connectivity index (χ0n) is 13.8. The van der Waals surface area contributed by atoms with Crippen LogP contribution in [0.4, 0.5) is 0 Å². The number of nitrogens with two attached hydrogens (primary N) is 1. The van der Waals surface area contributed by atoms with Crippen LogP contribution in [0.3, 0.4) is 0 Å². The van der Waals surface area contributed by atoms with Crippen LogP contribution in [-0.2, 0) is 20.7 Å². The molecule has 8 nitrogen and oxygen atoms in total. The van der Waals surface area contributed by atoms with Crippen LogP contribution in [-0.4, -0.2) is 61.6 Å². The summed E-state index contributed by atoms with van der Waals surface area (Å²) in [6, 6.07) is 7.67. The number of amides is 1. The number of ether oxygens (including phenoxy) is 2. The van der Waals surface area contributed by atoms with Gasteiger partial charge >= 0.3 is 0 Å². The first-order valence-electron chi connectivity index (χ1n) is 7.54. The Morgan fingerprint density at radius 2 is 1.96 bits per heavy atom. The van der Waals surface area contributed by atoms with E-state index in [1.54, 1.807) is 0 Å². The maximum atomic E-state index is 11.5. The van der Waals surface area contributed by atoms with Crippen LogP contribution in [0.25, 0.3) is 0 Å². The first-order valence-corrected chi connectivity index (χ1v) is 7.54. The van der Waals surface area contributed by atoms with Crippen molar-refractivity contribution in [2.45, 2.75) is 19.4 Å². The van der Waals surface area contributed by atoms with Gasteiger partial charge in [0.1, 0.15) is 5.75 Å². The second-order valence-corrected chi connectivity index (χ2v) is 4.91. The molecule has 0 saturated carbocycles. The Morgan fingerprint density at radius 3 is 2.50 bits per heavy atom. The van der Waals surface area contributed by atoms with Gasteiger partial charge in [-0.25, -0.2) is 0 Å². The molecule has 5 N–H and O–H groups in total. The molecular formula is C16H26N2O6. The Labute approximate surface area is 141 Å². The number of carbonyl (C=O) groups excluding carboxylic acids is 1. The molecule has 0 aliphatic rings. The lowest BCUT2D eigenvalue weighted by atomic mass is 10.1. The predicted octanol–water partition coefficient (Wildman–Crippen LogP) is -0.219. The molecule has 0 fully saturated rings. The smallest absolute Gasteiger partial charge is 0.290 e. The van der Waals surface area contributed by atoms with E-state index < -0.39 is 0 Å². The number of aliphatic hydroxyl groups is 1. The van der Waals surface area contributed by atoms with Crippen LogP contribution in [0.5, 0.6) is 5.75 Å². The summed E-state index contributed by atoms with van der Waals surface area (Å²) in [6.45, 7) is 2.70. The van der Waals surface area contributed by atoms with Gasteiger partial charge in [0.05, 0.1) is 19.8 Å². The number of aliphatic hydroxyl groups excluding tert-OH is 1. The second-order valence-electron chi connectivity index (χ2n) is 4.91. The third-order valence-corrected chi connectivity index (χ3v) is 2.66. The number of benzene rings is 1. The summed E-state index contributed by atoms with van der Waals surface area (Å²) in [4.78, 5) is 19.9. The van der Waals surface area contributed by atoms with E-state index in [0.717, 1.165) is 12.0 Å². The number of hydrogen-bond donors (Lipinski definition) is 4. The molecule has 1 amide bonds. The minimum absolute atomic E-state index is 0.0179. The van der Waals surface area contributed by atoms with Crippen molar-refractivity contribution in [2.24, 2.45) is 5.73 Å². The summed E-state index contributed by atoms with van der Waals surface area (Å²) >= 11 is 0. The molecule has 0 spiro atoms. The van der Waals surface area contributed by atoms with E-state index in [-0.39, 0.29) is 38.2 Å². The average molecular weight is 342 g/mol. The van der Waals surface area contributed by atoms with Gasteiger partial charge < -0.3 is 30.7 Å². The average Bonchev–Trinajstić information content (AvgIpc) is 2.54. The first-order chi connectivity index (χ1) is 11.5. The van der Waals surface area contributed by atoms with Gasteiger partial charge in [0.15, 0.2) is 6.61 Å². The highest BCUT2D eigenvalue weighted by Crippen LogP contribution is 2.13. The molecule has 0 heterocycles. The van der Waals surface area contributed by atoms with Crippen molar-refractivity contribution < 1.29 is 29.3 Å². The lowest BCUT2D eigenvalue weighted by Crippen LogP contribution is -2.31. The lowest BCUT2D eigenvalue weighted by molar-refractivity contribution is -0.124. The molecule has 0 radical (unpaired) electrons. The quantitative estimate of drug-likeness (QED) is 0.341. The van der Waals surface area contributed by atoms with E-state index in [1.165, 1.54) is 0 Å². The molecule has 1 aromatic carbocycles. The highest BCUT2D eigenvalue weighted by atomic mass is 16.5. The van der Waals surface area contributed by atoms with E-state index in [2.05, 4.69) is 5.32 Å². The van der Waals surface area contributed by atoms with Gasteiger partial charge in [-0.3, -0.25) is 9.59 Å².